The average molecular weight is 324 g/mol. The summed E-state index contributed by atoms with van der Waals surface area (Å²) in [6.07, 6.45) is 0.905. The monoisotopic (exact) mass is 323 g/mol. The summed E-state index contributed by atoms with van der Waals surface area (Å²) < 4.78 is 1.06. The highest BCUT2D eigenvalue weighted by Gasteiger charge is 2.24. The van der Waals surface area contributed by atoms with Crippen LogP contribution in [0.15, 0.2) is 28.7 Å². The van der Waals surface area contributed by atoms with Gasteiger partial charge in [-0.2, -0.15) is 5.26 Å². The van der Waals surface area contributed by atoms with Crippen LogP contribution in [0.1, 0.15) is 31.9 Å². The van der Waals surface area contributed by atoms with Crippen LogP contribution in [0.2, 0.25) is 0 Å². The van der Waals surface area contributed by atoms with E-state index in [1.165, 1.54) is 5.56 Å². The topological polar surface area (TPSA) is 53.0 Å². The van der Waals surface area contributed by atoms with Gasteiger partial charge in [-0.15, -0.1) is 0 Å². The molecule has 0 aliphatic rings. The van der Waals surface area contributed by atoms with E-state index in [0.717, 1.165) is 17.4 Å². The van der Waals surface area contributed by atoms with Gasteiger partial charge < -0.3 is 5.73 Å². The van der Waals surface area contributed by atoms with Crippen LogP contribution in [-0.2, 0) is 0 Å². The molecule has 0 aliphatic heterocycles. The van der Waals surface area contributed by atoms with Crippen molar-refractivity contribution in [2.24, 2.45) is 11.7 Å². The highest BCUT2D eigenvalue weighted by atomic mass is 79.9. The third kappa shape index (κ3) is 4.61. The van der Waals surface area contributed by atoms with Gasteiger partial charge in [-0.3, -0.25) is 4.90 Å². The second kappa shape index (κ2) is 7.64. The zero-order valence-electron chi connectivity index (χ0n) is 11.8. The fourth-order valence-electron chi connectivity index (χ4n) is 2.33. The first-order valence-electron chi connectivity index (χ1n) is 6.60. The van der Waals surface area contributed by atoms with E-state index in [4.69, 9.17) is 11.0 Å². The molecule has 1 aromatic rings. The van der Waals surface area contributed by atoms with Crippen molar-refractivity contribution in [1.82, 2.24) is 4.90 Å². The Bertz CT molecular complexity index is 441. The highest BCUT2D eigenvalue weighted by Crippen LogP contribution is 2.26. The van der Waals surface area contributed by atoms with Gasteiger partial charge >= 0.3 is 0 Å². The summed E-state index contributed by atoms with van der Waals surface area (Å²) in [5, 5.41) is 8.96. The number of rotatable bonds is 6. The number of nitriles is 1. The van der Waals surface area contributed by atoms with Gasteiger partial charge in [-0.05, 0) is 38.1 Å². The quantitative estimate of drug-likeness (QED) is 0.873. The van der Waals surface area contributed by atoms with Crippen LogP contribution in [0, 0.1) is 17.2 Å². The van der Waals surface area contributed by atoms with Crippen molar-refractivity contribution < 1.29 is 0 Å². The molecule has 0 heterocycles. The molecule has 3 unspecified atom stereocenters. The van der Waals surface area contributed by atoms with Crippen molar-refractivity contribution in [3.8, 4) is 6.07 Å². The van der Waals surface area contributed by atoms with E-state index < -0.39 is 0 Å². The molecule has 0 bridgehead atoms. The van der Waals surface area contributed by atoms with Crippen LogP contribution < -0.4 is 5.73 Å². The summed E-state index contributed by atoms with van der Waals surface area (Å²) in [6.45, 7) is 4.75. The Labute approximate surface area is 124 Å². The third-order valence-corrected chi connectivity index (χ3v) is 3.82. The molecule has 0 spiro atoms. The summed E-state index contributed by atoms with van der Waals surface area (Å²) in [4.78, 5) is 2.18. The Kier molecular flexibility index (Phi) is 6.50. The zero-order chi connectivity index (χ0) is 14.4. The molecule has 0 saturated heterocycles. The van der Waals surface area contributed by atoms with Crippen LogP contribution >= 0.6 is 15.9 Å². The van der Waals surface area contributed by atoms with Gasteiger partial charge in [0.1, 0.15) is 0 Å². The van der Waals surface area contributed by atoms with E-state index in [0.29, 0.717) is 0 Å². The zero-order valence-corrected chi connectivity index (χ0v) is 13.4. The predicted molar refractivity (Wildman–Crippen MR) is 82.6 cm³/mol. The van der Waals surface area contributed by atoms with Gasteiger partial charge in [-0.25, -0.2) is 0 Å². The number of nitrogens with two attached hydrogens (primary N) is 1. The van der Waals surface area contributed by atoms with Crippen molar-refractivity contribution in [2.45, 2.75) is 32.4 Å². The van der Waals surface area contributed by atoms with Gasteiger partial charge in [0.25, 0.3) is 0 Å². The molecule has 2 N–H and O–H groups in total. The van der Waals surface area contributed by atoms with Crippen LogP contribution in [0.4, 0.5) is 0 Å². The number of benzene rings is 1. The smallest absolute Gasteiger partial charge is 0.0666 e. The average Bonchev–Trinajstić information content (AvgIpc) is 2.38. The summed E-state index contributed by atoms with van der Waals surface area (Å²) >= 11 is 3.50. The van der Waals surface area contributed by atoms with Gasteiger partial charge in [0.15, 0.2) is 0 Å². The molecule has 3 atom stereocenters. The first kappa shape index (κ1) is 16.2. The molecule has 4 heteroatoms. The molecular formula is C15H22BrN3. The van der Waals surface area contributed by atoms with Gasteiger partial charge in [0.2, 0.25) is 0 Å². The van der Waals surface area contributed by atoms with Crippen LogP contribution in [0.5, 0.6) is 0 Å². The fraction of sp³-hybridized carbons (Fsp3) is 0.533. The van der Waals surface area contributed by atoms with Gasteiger partial charge in [0.05, 0.1) is 12.0 Å². The first-order chi connectivity index (χ1) is 8.99. The fourth-order valence-corrected chi connectivity index (χ4v) is 2.75. The standard InChI is InChI=1S/C15H22BrN3/c1-4-14(18)15(19(3)10-11(2)9-17)12-6-5-7-13(16)8-12/h5-8,11,14-15H,4,10,18H2,1-3H3. The Balaban J connectivity index is 2.98. The maximum Gasteiger partial charge on any atom is 0.0666 e. The number of nitrogens with zero attached hydrogens (tertiary/aromatic N) is 2. The van der Waals surface area contributed by atoms with Gasteiger partial charge in [0, 0.05) is 23.1 Å². The van der Waals surface area contributed by atoms with E-state index in [1.807, 2.05) is 26.1 Å². The predicted octanol–water partition coefficient (Wildman–Crippen LogP) is 3.32. The number of halogens is 1. The van der Waals surface area contributed by atoms with Crippen LogP contribution in [0.3, 0.4) is 0 Å². The molecule has 0 aromatic heterocycles. The molecule has 0 radical (unpaired) electrons. The molecule has 0 aliphatic carbocycles. The second-order valence-electron chi connectivity index (χ2n) is 5.04. The summed E-state index contributed by atoms with van der Waals surface area (Å²) in [6, 6.07) is 10.7. The number of likely N-dealkylation sites (N-methyl/N-ethyl adjacent to an activating group) is 1. The van der Waals surface area contributed by atoms with E-state index in [-0.39, 0.29) is 18.0 Å². The van der Waals surface area contributed by atoms with Crippen molar-refractivity contribution in [3.63, 3.8) is 0 Å². The minimum absolute atomic E-state index is 0.00343. The second-order valence-corrected chi connectivity index (χ2v) is 5.96. The lowest BCUT2D eigenvalue weighted by molar-refractivity contribution is 0.197. The Hall–Kier alpha value is -0.890. The SMILES string of the molecule is CCC(N)C(c1cccc(Br)c1)N(C)CC(C)C#N. The lowest BCUT2D eigenvalue weighted by Gasteiger charge is -2.33. The Morgan fingerprint density at radius 2 is 2.16 bits per heavy atom. The van der Waals surface area contributed by atoms with E-state index >= 15 is 0 Å². The highest BCUT2D eigenvalue weighted by molar-refractivity contribution is 9.10. The molecule has 19 heavy (non-hydrogen) atoms. The Morgan fingerprint density at radius 1 is 1.47 bits per heavy atom. The Morgan fingerprint density at radius 3 is 2.68 bits per heavy atom. The molecule has 1 rings (SSSR count). The van der Waals surface area contributed by atoms with Crippen LogP contribution in [-0.4, -0.2) is 24.5 Å². The van der Waals surface area contributed by atoms with Crippen molar-refractivity contribution in [3.05, 3.63) is 34.3 Å². The minimum Gasteiger partial charge on any atom is -0.326 e. The molecule has 0 amide bonds. The summed E-state index contributed by atoms with van der Waals surface area (Å²) in [5.74, 6) is 0.00343. The lowest BCUT2D eigenvalue weighted by Crippen LogP contribution is -2.40. The molecular weight excluding hydrogens is 302 g/mol. The molecule has 0 fully saturated rings. The van der Waals surface area contributed by atoms with Crippen molar-refractivity contribution in [2.75, 3.05) is 13.6 Å². The first-order valence-corrected chi connectivity index (χ1v) is 7.39. The maximum atomic E-state index is 8.96. The third-order valence-electron chi connectivity index (χ3n) is 3.32. The lowest BCUT2D eigenvalue weighted by atomic mass is 9.96. The normalized spacial score (nSPS) is 15.8. The van der Waals surface area contributed by atoms with E-state index in [9.17, 15) is 0 Å². The van der Waals surface area contributed by atoms with Crippen molar-refractivity contribution >= 4 is 15.9 Å². The minimum atomic E-state index is 0.00343. The summed E-state index contributed by atoms with van der Waals surface area (Å²) in [7, 11) is 2.04. The van der Waals surface area contributed by atoms with Crippen LogP contribution in [0.25, 0.3) is 0 Å². The van der Waals surface area contributed by atoms with E-state index in [2.05, 4.69) is 46.0 Å². The van der Waals surface area contributed by atoms with Crippen molar-refractivity contribution in [1.29, 1.82) is 5.26 Å². The molecule has 0 saturated carbocycles. The molecule has 3 nitrogen and oxygen atoms in total. The maximum absolute atomic E-state index is 8.96. The van der Waals surface area contributed by atoms with Gasteiger partial charge in [-0.1, -0.05) is 35.0 Å². The summed E-state index contributed by atoms with van der Waals surface area (Å²) in [5.41, 5.74) is 7.47. The molecule has 104 valence electrons. The van der Waals surface area contributed by atoms with E-state index in [1.54, 1.807) is 0 Å². The number of hydrogen-bond donors (Lipinski definition) is 1. The molecule has 1 aromatic carbocycles. The number of hydrogen-bond acceptors (Lipinski definition) is 3. The largest absolute Gasteiger partial charge is 0.326 e.